The Bertz CT molecular complexity index is 4340. The van der Waals surface area contributed by atoms with E-state index in [4.69, 9.17) is 46.7 Å². The van der Waals surface area contributed by atoms with Crippen LogP contribution in [0.2, 0.25) is 0 Å². The predicted molar refractivity (Wildman–Crippen MR) is 359 cm³/mol. The van der Waals surface area contributed by atoms with Gasteiger partial charge < -0.3 is 19.3 Å². The van der Waals surface area contributed by atoms with Gasteiger partial charge in [0.2, 0.25) is 11.4 Å². The van der Waals surface area contributed by atoms with E-state index in [1.807, 2.05) is 0 Å². The lowest BCUT2D eigenvalue weighted by Crippen LogP contribution is -2.68. The fourth-order valence-corrected chi connectivity index (χ4v) is 15.7. The molecule has 0 radical (unpaired) electrons. The normalized spacial score (nSPS) is 19.3. The molecule has 9 aromatic rings. The van der Waals surface area contributed by atoms with Gasteiger partial charge in [-0.25, -0.2) is 37.3 Å². The third-order valence-electron chi connectivity index (χ3n) is 19.8. The summed E-state index contributed by atoms with van der Waals surface area (Å²) in [6.45, 7) is 20.3. The molecule has 0 amide bonds. The summed E-state index contributed by atoms with van der Waals surface area (Å²) in [5.41, 5.74) is 21.9. The Morgan fingerprint density at radius 1 is 0.427 bits per heavy atom. The van der Waals surface area contributed by atoms with Crippen LogP contribution >= 0.6 is 0 Å². The van der Waals surface area contributed by atoms with Crippen molar-refractivity contribution in [3.05, 3.63) is 285 Å². The third-order valence-corrected chi connectivity index (χ3v) is 19.8. The van der Waals surface area contributed by atoms with E-state index >= 15 is 0 Å². The van der Waals surface area contributed by atoms with E-state index in [1.165, 1.54) is 123 Å². The molecule has 0 bridgehead atoms. The van der Waals surface area contributed by atoms with Gasteiger partial charge in [-0.1, -0.05) is 146 Å². The minimum Gasteiger partial charge on any atom is -0.497 e. The number of nitrogens with zero attached hydrogens (tertiary/aromatic N) is 4. The van der Waals surface area contributed by atoms with Crippen LogP contribution < -0.4 is 56.5 Å². The average molecular weight is 1330 g/mol. The Labute approximate surface area is 567 Å². The minimum atomic E-state index is -4.94. The summed E-state index contributed by atoms with van der Waals surface area (Å²) in [5.74, 6) is 1.79. The molecule has 4 aliphatic heterocycles. The average Bonchev–Trinajstić information content (AvgIpc) is 1.60. The number of methoxy groups -OCH3 is 2. The van der Waals surface area contributed by atoms with Crippen LogP contribution in [0.4, 0.5) is 22.7 Å². The molecule has 16 heteroatoms. The summed E-state index contributed by atoms with van der Waals surface area (Å²) in [7, 11) is -1.88. The maximum absolute atomic E-state index is 8.49. The zero-order valence-corrected chi connectivity index (χ0v) is 57.8. The second-order valence-corrected chi connectivity index (χ2v) is 28.2. The number of benzene rings is 9. The van der Waals surface area contributed by atoms with Gasteiger partial charge in [0.15, 0.2) is 24.5 Å². The molecule has 4 heterocycles. The molecule has 0 N–H and O–H groups in total. The predicted octanol–water partition coefficient (Wildman–Crippen LogP) is 8.45. The van der Waals surface area contributed by atoms with Crippen LogP contribution in [-0.4, -0.2) is 48.9 Å². The second kappa shape index (κ2) is 26.7. The minimum absolute atomic E-state index is 0.285. The number of fused-ring (bicyclic) bond motifs is 8. The Kier molecular flexibility index (Phi) is 19.1. The van der Waals surface area contributed by atoms with Gasteiger partial charge in [-0.15, -0.1) is 20.5 Å². The number of anilines is 2. The zero-order valence-electron chi connectivity index (χ0n) is 56.2. The number of hydrogen-bond acceptors (Lipinski definition) is 12. The van der Waals surface area contributed by atoms with Crippen LogP contribution in [0.25, 0.3) is 21.5 Å². The standard InChI is InChI=1S/C80H80N4O2.2ClHO4/c1-53-45-61(85-11)47-65-75(53)81(9)71(79(65,7)49-55-25-15-13-16-26-55)35-23-33-69-77(3,4)73-63-31-21-19-29-59(63)41-43-67(73)83(69)51-57-37-39-58(40-38-57)52-84-68-44-42-60-30-20-22-32-64(60)74(68)78(5,6)70(84)34-24-36-72-80(8,50-56-27-17-14-18-28-56)66-48-62(86-12)46-54(2)76(66)82(72)10;2*2-1(3,4)5/h13-48H,49-52H2,1-12H3;2*(H,2,3,4,5)/q+2;;/p-2. The molecule has 0 saturated carbocycles. The van der Waals surface area contributed by atoms with E-state index in [0.717, 1.165) is 37.4 Å². The molecule has 0 aliphatic carbocycles. The van der Waals surface area contributed by atoms with Crippen molar-refractivity contribution < 1.29 is 76.4 Å². The van der Waals surface area contributed by atoms with Crippen molar-refractivity contribution in [3.8, 4) is 11.5 Å². The first-order valence-electron chi connectivity index (χ1n) is 31.8. The van der Waals surface area contributed by atoms with E-state index in [0.29, 0.717) is 0 Å². The summed E-state index contributed by atoms with van der Waals surface area (Å²) in [5, 5.41) is 5.14. The fraction of sp³-hybridized carbons (Fsp3) is 0.250. The van der Waals surface area contributed by atoms with Gasteiger partial charge in [-0.2, -0.15) is 9.15 Å². The molecular weight excluding hydrogens is 1250 g/mol. The van der Waals surface area contributed by atoms with Crippen LogP contribution in [0, 0.1) is 34.3 Å². The van der Waals surface area contributed by atoms with Gasteiger partial charge in [0.1, 0.15) is 11.5 Å². The maximum atomic E-state index is 8.49. The lowest BCUT2D eigenvalue weighted by Gasteiger charge is -2.29. The Morgan fingerprint density at radius 3 is 1.10 bits per heavy atom. The van der Waals surface area contributed by atoms with Crippen LogP contribution in [0.3, 0.4) is 0 Å². The topological polar surface area (TPSA) is 215 Å². The molecular formula is C80H80Cl2N4O10. The van der Waals surface area contributed by atoms with E-state index in [2.05, 4.69) is 307 Å². The molecule has 0 spiro atoms. The summed E-state index contributed by atoms with van der Waals surface area (Å²) in [4.78, 5) is 4.83. The monoisotopic (exact) mass is 1330 g/mol. The molecule has 2 unspecified atom stereocenters. The summed E-state index contributed by atoms with van der Waals surface area (Å²) < 4.78 is 84.9. The lowest BCUT2D eigenvalue weighted by molar-refractivity contribution is -2.00. The molecule has 0 aromatic heterocycles. The Morgan fingerprint density at radius 2 is 0.760 bits per heavy atom. The first kappa shape index (κ1) is 68.6. The van der Waals surface area contributed by atoms with Crippen molar-refractivity contribution in [2.45, 2.75) is 103 Å². The highest BCUT2D eigenvalue weighted by Crippen LogP contribution is 2.54. The lowest BCUT2D eigenvalue weighted by atomic mass is 9.76. The van der Waals surface area contributed by atoms with Crippen molar-refractivity contribution in [2.24, 2.45) is 0 Å². The zero-order chi connectivity index (χ0) is 68.9. The van der Waals surface area contributed by atoms with Gasteiger partial charge in [0.25, 0.3) is 0 Å². The number of hydrogen-bond donors (Lipinski definition) is 0. The van der Waals surface area contributed by atoms with Crippen LogP contribution in [0.15, 0.2) is 230 Å². The van der Waals surface area contributed by atoms with Crippen molar-refractivity contribution in [1.29, 1.82) is 0 Å². The number of halogens is 2. The highest BCUT2D eigenvalue weighted by molar-refractivity contribution is 6.09. The number of ether oxygens (including phenoxy) is 2. The van der Waals surface area contributed by atoms with Crippen molar-refractivity contribution in [2.75, 3.05) is 38.1 Å². The highest BCUT2D eigenvalue weighted by Gasteiger charge is 2.49. The highest BCUT2D eigenvalue weighted by atomic mass is 35.7. The van der Waals surface area contributed by atoms with Gasteiger partial charge in [0, 0.05) is 94.2 Å². The Hall–Kier alpha value is -8.74. The van der Waals surface area contributed by atoms with Gasteiger partial charge in [0.05, 0.1) is 25.0 Å². The third kappa shape index (κ3) is 13.6. The van der Waals surface area contributed by atoms with E-state index < -0.39 is 20.5 Å². The first-order chi connectivity index (χ1) is 45.4. The molecule has 494 valence electrons. The van der Waals surface area contributed by atoms with Crippen molar-refractivity contribution in [3.63, 3.8) is 0 Å². The molecule has 4 aliphatic rings. The van der Waals surface area contributed by atoms with Gasteiger partial charge >= 0.3 is 0 Å². The quantitative estimate of drug-likeness (QED) is 0.0938. The second-order valence-electron chi connectivity index (χ2n) is 26.7. The summed E-state index contributed by atoms with van der Waals surface area (Å²) in [6, 6.07) is 67.2. The van der Waals surface area contributed by atoms with Gasteiger partial charge in [-0.05, 0) is 172 Å². The molecule has 9 aromatic carbocycles. The first-order valence-corrected chi connectivity index (χ1v) is 34.3. The smallest absolute Gasteiger partial charge is 0.210 e. The summed E-state index contributed by atoms with van der Waals surface area (Å²) in [6.07, 6.45) is 15.9. The van der Waals surface area contributed by atoms with E-state index in [1.54, 1.807) is 14.2 Å². The molecule has 0 saturated heterocycles. The van der Waals surface area contributed by atoms with Crippen molar-refractivity contribution >= 4 is 55.7 Å². The fourth-order valence-electron chi connectivity index (χ4n) is 15.7. The maximum Gasteiger partial charge on any atom is 0.210 e. The van der Waals surface area contributed by atoms with Crippen LogP contribution in [-0.2, 0) is 47.6 Å². The van der Waals surface area contributed by atoms with Crippen molar-refractivity contribution in [1.82, 2.24) is 0 Å². The van der Waals surface area contributed by atoms with E-state index in [9.17, 15) is 0 Å². The summed E-state index contributed by atoms with van der Waals surface area (Å²) >= 11 is 0. The van der Waals surface area contributed by atoms with E-state index in [-0.39, 0.29) is 21.7 Å². The molecule has 96 heavy (non-hydrogen) atoms. The molecule has 14 nitrogen and oxygen atoms in total. The van der Waals surface area contributed by atoms with Crippen LogP contribution in [0.5, 0.6) is 11.5 Å². The molecule has 13 rings (SSSR count). The largest absolute Gasteiger partial charge is 0.497 e. The number of likely N-dealkylation sites (N-methyl/N-ethyl adjacent to an activating group) is 2. The SMILES string of the molecule is COc1cc(C)c2c(c1)C(C)(Cc1ccccc1)/C(=C\C=C\C1=[N+](Cc3ccc(C[N+]4=C(/C=C/C=C5/N(C)c6c(C)cc(OC)cc6C5(C)Cc5ccccc5)C(C)(C)c5c4ccc4ccccc54)cc3)c3ccc4ccccc4c3C1(C)C)N2C.[O-][Cl+3]([O-])([O-])[O-].[O-][Cl+3]([O-])([O-])[O-]. The number of rotatable bonds is 14. The molecule has 2 atom stereocenters. The number of allylic oxidation sites excluding steroid dienone is 8. The number of aryl methyl sites for hydroxylation is 2. The van der Waals surface area contributed by atoms with Gasteiger partial charge in [-0.3, -0.25) is 0 Å². The Balaban J connectivity index is 0.000000873. The van der Waals surface area contributed by atoms with Crippen LogP contribution in [0.1, 0.15) is 97.2 Å². The molecule has 0 fully saturated rings.